The maximum absolute atomic E-state index is 10.8. The minimum Gasteiger partial charge on any atom is -0.495 e. The van der Waals surface area contributed by atoms with E-state index in [1.807, 2.05) is 35.7 Å². The van der Waals surface area contributed by atoms with E-state index in [0.29, 0.717) is 22.1 Å². The van der Waals surface area contributed by atoms with Gasteiger partial charge in [0.2, 0.25) is 0 Å². The average Bonchev–Trinajstić information content (AvgIpc) is 3.09. The molecule has 142 valence electrons. The van der Waals surface area contributed by atoms with Crippen LogP contribution in [0.3, 0.4) is 0 Å². The van der Waals surface area contributed by atoms with E-state index in [1.54, 1.807) is 19.2 Å². The molecule has 27 heavy (non-hydrogen) atoms. The number of rotatable bonds is 7. The second kappa shape index (κ2) is 9.72. The normalized spacial score (nSPS) is 10.0. The van der Waals surface area contributed by atoms with Gasteiger partial charge in [0.25, 0.3) is 0 Å². The number of hydrogen-bond donors (Lipinski definition) is 2. The Kier molecular flexibility index (Phi) is 7.64. The summed E-state index contributed by atoms with van der Waals surface area (Å²) in [6, 6.07) is 12.9. The second-order valence-corrected chi connectivity index (χ2v) is 6.96. The van der Waals surface area contributed by atoms with Crippen LogP contribution in [0.2, 0.25) is 0 Å². The van der Waals surface area contributed by atoms with E-state index >= 15 is 0 Å². The second-order valence-electron chi connectivity index (χ2n) is 5.19. The molecule has 0 saturated carbocycles. The molecule has 2 aromatic carbocycles. The highest BCUT2D eigenvalue weighted by Crippen LogP contribution is 2.36. The molecule has 3 rings (SSSR count). The summed E-state index contributed by atoms with van der Waals surface area (Å²) >= 11 is 4.86. The van der Waals surface area contributed by atoms with E-state index in [4.69, 9.17) is 14.6 Å². The number of hydrogen-bond acceptors (Lipinski definition) is 6. The van der Waals surface area contributed by atoms with Crippen molar-refractivity contribution >= 4 is 61.0 Å². The van der Waals surface area contributed by atoms with Crippen LogP contribution in [0.15, 0.2) is 52.3 Å². The zero-order chi connectivity index (χ0) is 18.5. The minimum atomic E-state index is -1.03. The molecule has 1 aromatic heterocycles. The Morgan fingerprint density at radius 3 is 2.78 bits per heavy atom. The van der Waals surface area contributed by atoms with Crippen molar-refractivity contribution in [2.45, 2.75) is 0 Å². The number of aliphatic carboxylic acids is 1. The maximum atomic E-state index is 10.8. The lowest BCUT2D eigenvalue weighted by Crippen LogP contribution is -2.10. The number of para-hydroxylation sites is 2. The third-order valence-electron chi connectivity index (χ3n) is 3.42. The molecule has 2 N–H and O–H groups in total. The Balaban J connectivity index is 0.00000261. The summed E-state index contributed by atoms with van der Waals surface area (Å²) in [4.78, 5) is 15.4. The van der Waals surface area contributed by atoms with Crippen LogP contribution in [0.25, 0.3) is 11.3 Å². The predicted molar refractivity (Wildman–Crippen MR) is 115 cm³/mol. The fourth-order valence-corrected chi connectivity index (χ4v) is 3.37. The lowest BCUT2D eigenvalue weighted by atomic mass is 10.1. The highest BCUT2D eigenvalue weighted by Gasteiger charge is 2.13. The molecule has 0 saturated heterocycles. The highest BCUT2D eigenvalue weighted by atomic mass is 79.9. The van der Waals surface area contributed by atoms with Crippen molar-refractivity contribution in [1.82, 2.24) is 4.98 Å². The molecule has 0 radical (unpaired) electrons. The summed E-state index contributed by atoms with van der Waals surface area (Å²) in [6.45, 7) is -0.412. The molecule has 0 fully saturated rings. The standard InChI is InChI=1S/C18H15BrN2O4S.BrH/c1-24-16-5-3-2-4-13(16)20-18-21-14(10-26-18)12-8-11(19)6-7-15(12)25-9-17(22)23;/h2-8,10H,9H2,1H3,(H,20,21)(H,22,23);1H. The molecule has 0 atom stereocenters. The number of anilines is 2. The van der Waals surface area contributed by atoms with Crippen LogP contribution in [-0.2, 0) is 4.79 Å². The summed E-state index contributed by atoms with van der Waals surface area (Å²) in [6.07, 6.45) is 0. The first kappa shape index (κ1) is 21.2. The predicted octanol–water partition coefficient (Wildman–Crippen LogP) is 5.37. The first-order valence-corrected chi connectivity index (χ1v) is 9.24. The van der Waals surface area contributed by atoms with Crippen LogP contribution < -0.4 is 14.8 Å². The number of aromatic nitrogens is 1. The molecule has 9 heteroatoms. The fraction of sp³-hybridized carbons (Fsp3) is 0.111. The summed E-state index contributed by atoms with van der Waals surface area (Å²) < 4.78 is 11.6. The number of nitrogens with one attached hydrogen (secondary N) is 1. The summed E-state index contributed by atoms with van der Waals surface area (Å²) in [7, 11) is 1.61. The van der Waals surface area contributed by atoms with Crippen molar-refractivity contribution < 1.29 is 19.4 Å². The number of ether oxygens (including phenoxy) is 2. The fourth-order valence-electron chi connectivity index (χ4n) is 2.29. The molecule has 0 aliphatic rings. The van der Waals surface area contributed by atoms with Gasteiger partial charge in [-0.3, -0.25) is 0 Å². The molecule has 6 nitrogen and oxygen atoms in total. The van der Waals surface area contributed by atoms with Gasteiger partial charge in [-0.2, -0.15) is 0 Å². The smallest absolute Gasteiger partial charge is 0.341 e. The van der Waals surface area contributed by atoms with Gasteiger partial charge in [0, 0.05) is 15.4 Å². The van der Waals surface area contributed by atoms with E-state index < -0.39 is 12.6 Å². The number of methoxy groups -OCH3 is 1. The van der Waals surface area contributed by atoms with Crippen LogP contribution in [0, 0.1) is 0 Å². The minimum absolute atomic E-state index is 0. The Morgan fingerprint density at radius 2 is 2.04 bits per heavy atom. The number of nitrogens with zero attached hydrogens (tertiary/aromatic N) is 1. The highest BCUT2D eigenvalue weighted by molar-refractivity contribution is 9.10. The Bertz CT molecular complexity index is 933. The number of benzene rings is 2. The largest absolute Gasteiger partial charge is 0.495 e. The lowest BCUT2D eigenvalue weighted by molar-refractivity contribution is -0.139. The monoisotopic (exact) mass is 514 g/mol. The summed E-state index contributed by atoms with van der Waals surface area (Å²) in [5, 5.41) is 14.6. The average molecular weight is 516 g/mol. The first-order valence-electron chi connectivity index (χ1n) is 7.57. The molecule has 0 aliphatic carbocycles. The number of carboxylic acids is 1. The van der Waals surface area contributed by atoms with Gasteiger partial charge < -0.3 is 19.9 Å². The SMILES string of the molecule is Br.COc1ccccc1Nc1nc(-c2cc(Br)ccc2OCC(=O)O)cs1. The third-order valence-corrected chi connectivity index (χ3v) is 4.67. The van der Waals surface area contributed by atoms with Gasteiger partial charge in [0.15, 0.2) is 11.7 Å². The molecule has 1 heterocycles. The number of thiazole rings is 1. The number of halogens is 2. The van der Waals surface area contributed by atoms with Crippen molar-refractivity contribution in [2.75, 3.05) is 19.0 Å². The van der Waals surface area contributed by atoms with Crippen LogP contribution >= 0.6 is 44.2 Å². The van der Waals surface area contributed by atoms with Gasteiger partial charge in [0.1, 0.15) is 11.5 Å². The molecule has 0 bridgehead atoms. The Morgan fingerprint density at radius 1 is 1.26 bits per heavy atom. The van der Waals surface area contributed by atoms with Crippen molar-refractivity contribution in [1.29, 1.82) is 0 Å². The van der Waals surface area contributed by atoms with Crippen LogP contribution in [0.5, 0.6) is 11.5 Å². The van der Waals surface area contributed by atoms with Crippen molar-refractivity contribution in [2.24, 2.45) is 0 Å². The zero-order valence-electron chi connectivity index (χ0n) is 14.1. The van der Waals surface area contributed by atoms with Gasteiger partial charge in [-0.25, -0.2) is 9.78 Å². The zero-order valence-corrected chi connectivity index (χ0v) is 18.3. The maximum Gasteiger partial charge on any atom is 0.341 e. The topological polar surface area (TPSA) is 80.7 Å². The van der Waals surface area contributed by atoms with Crippen molar-refractivity contribution in [3.8, 4) is 22.8 Å². The van der Waals surface area contributed by atoms with Crippen molar-refractivity contribution in [3.05, 3.63) is 52.3 Å². The molecule has 0 aliphatic heterocycles. The number of carbonyl (C=O) groups is 1. The van der Waals surface area contributed by atoms with Crippen molar-refractivity contribution in [3.63, 3.8) is 0 Å². The van der Waals surface area contributed by atoms with Crippen LogP contribution in [0.1, 0.15) is 0 Å². The van der Waals surface area contributed by atoms with E-state index in [0.717, 1.165) is 15.9 Å². The molecule has 0 amide bonds. The Labute approximate surface area is 179 Å². The molecule has 3 aromatic rings. The number of carboxylic acid groups (broad SMARTS) is 1. The molecule has 0 spiro atoms. The first-order chi connectivity index (χ1) is 12.6. The van der Waals surface area contributed by atoms with Gasteiger partial charge >= 0.3 is 5.97 Å². The van der Waals surface area contributed by atoms with Gasteiger partial charge in [-0.1, -0.05) is 28.1 Å². The van der Waals surface area contributed by atoms with Gasteiger partial charge in [0.05, 0.1) is 18.5 Å². The lowest BCUT2D eigenvalue weighted by Gasteiger charge is -2.09. The summed E-state index contributed by atoms with van der Waals surface area (Å²) in [5.74, 6) is 0.151. The molecule has 0 unspecified atom stereocenters. The molecular formula is C18H16Br2N2O4S. The van der Waals surface area contributed by atoms with E-state index in [2.05, 4.69) is 26.2 Å². The summed E-state index contributed by atoms with van der Waals surface area (Å²) in [5.41, 5.74) is 2.21. The van der Waals surface area contributed by atoms with E-state index in [1.165, 1.54) is 11.3 Å². The third kappa shape index (κ3) is 5.44. The molecular weight excluding hydrogens is 500 g/mol. The van der Waals surface area contributed by atoms with E-state index in [9.17, 15) is 4.79 Å². The Hall–Kier alpha value is -2.10. The van der Waals surface area contributed by atoms with E-state index in [-0.39, 0.29) is 17.0 Å². The van der Waals surface area contributed by atoms with Gasteiger partial charge in [-0.05, 0) is 30.3 Å². The quantitative estimate of drug-likeness (QED) is 0.440. The van der Waals surface area contributed by atoms with Gasteiger partial charge in [-0.15, -0.1) is 28.3 Å². The van der Waals surface area contributed by atoms with Crippen LogP contribution in [0.4, 0.5) is 10.8 Å². The van der Waals surface area contributed by atoms with Crippen LogP contribution in [-0.4, -0.2) is 29.8 Å².